The Labute approximate surface area is 88.6 Å². The highest BCUT2D eigenvalue weighted by Crippen LogP contribution is 2.40. The van der Waals surface area contributed by atoms with Gasteiger partial charge in [-0.15, -0.1) is 0 Å². The van der Waals surface area contributed by atoms with Crippen molar-refractivity contribution >= 4 is 5.78 Å². The largest absolute Gasteiger partial charge is 0.376 e. The van der Waals surface area contributed by atoms with Gasteiger partial charge in [-0.25, -0.2) is 0 Å². The molecule has 2 atom stereocenters. The summed E-state index contributed by atoms with van der Waals surface area (Å²) in [7, 11) is 0. The Balaban J connectivity index is 1.98. The highest BCUT2D eigenvalue weighted by molar-refractivity contribution is 5.99. The van der Waals surface area contributed by atoms with Gasteiger partial charge < -0.3 is 4.74 Å². The van der Waals surface area contributed by atoms with Crippen molar-refractivity contribution < 1.29 is 9.53 Å². The van der Waals surface area contributed by atoms with Gasteiger partial charge in [-0.05, 0) is 17.2 Å². The van der Waals surface area contributed by atoms with Crippen molar-refractivity contribution in [3.8, 4) is 0 Å². The highest BCUT2D eigenvalue weighted by Gasteiger charge is 2.40. The smallest absolute Gasteiger partial charge is 0.163 e. The number of rotatable bonds is 1. The Morgan fingerprint density at radius 2 is 2.00 bits per heavy atom. The van der Waals surface area contributed by atoms with Gasteiger partial charge in [-0.3, -0.25) is 4.79 Å². The first-order valence-corrected chi connectivity index (χ1v) is 5.23. The lowest BCUT2D eigenvalue weighted by Gasteiger charge is -2.15. The molecule has 1 heterocycles. The first-order valence-electron chi connectivity index (χ1n) is 5.23. The topological polar surface area (TPSA) is 26.3 Å². The summed E-state index contributed by atoms with van der Waals surface area (Å²) in [6, 6.07) is 9.99. The molecule has 76 valence electrons. The van der Waals surface area contributed by atoms with E-state index < -0.39 is 0 Å². The Morgan fingerprint density at radius 3 is 2.80 bits per heavy atom. The molecule has 0 aromatic heterocycles. The molecule has 2 nitrogen and oxygen atoms in total. The van der Waals surface area contributed by atoms with Gasteiger partial charge in [0.15, 0.2) is 5.78 Å². The molecule has 1 aliphatic carbocycles. The molecule has 2 aliphatic rings. The van der Waals surface area contributed by atoms with E-state index in [0.29, 0.717) is 19.1 Å². The average molecular weight is 200 g/mol. The number of carbonyl (C=O) groups excluding carboxylic acids is 1. The number of allylic oxidation sites excluding steroid dienone is 1. The second-order valence-electron chi connectivity index (χ2n) is 4.13. The molecule has 0 spiro atoms. The van der Waals surface area contributed by atoms with Gasteiger partial charge in [-0.1, -0.05) is 30.3 Å². The van der Waals surface area contributed by atoms with Crippen LogP contribution in [0.3, 0.4) is 0 Å². The molecule has 0 amide bonds. The monoisotopic (exact) mass is 200 g/mol. The second-order valence-corrected chi connectivity index (χ2v) is 4.13. The molecule has 0 radical (unpaired) electrons. The van der Waals surface area contributed by atoms with Crippen LogP contribution < -0.4 is 0 Å². The SMILES string of the molecule is O=C1C=C2COCC2C1c1ccccc1. The van der Waals surface area contributed by atoms with Gasteiger partial charge in [-0.2, -0.15) is 0 Å². The van der Waals surface area contributed by atoms with E-state index in [1.54, 1.807) is 6.08 Å². The van der Waals surface area contributed by atoms with E-state index in [1.807, 2.05) is 30.3 Å². The first kappa shape index (κ1) is 8.86. The van der Waals surface area contributed by atoms with Crippen LogP contribution in [0.5, 0.6) is 0 Å². The molecule has 0 saturated carbocycles. The maximum atomic E-state index is 11.9. The molecule has 1 saturated heterocycles. The van der Waals surface area contributed by atoms with Gasteiger partial charge >= 0.3 is 0 Å². The van der Waals surface area contributed by atoms with Crippen LogP contribution in [0.25, 0.3) is 0 Å². The molecule has 2 heteroatoms. The predicted octanol–water partition coefficient (Wildman–Crippen LogP) is 1.93. The Bertz CT molecular complexity index is 419. The van der Waals surface area contributed by atoms with Gasteiger partial charge in [0.25, 0.3) is 0 Å². The third-order valence-electron chi connectivity index (χ3n) is 3.24. The molecular formula is C13H12O2. The molecule has 1 fully saturated rings. The Morgan fingerprint density at radius 1 is 1.20 bits per heavy atom. The molecular weight excluding hydrogens is 188 g/mol. The van der Waals surface area contributed by atoms with E-state index in [1.165, 1.54) is 5.57 Å². The molecule has 15 heavy (non-hydrogen) atoms. The summed E-state index contributed by atoms with van der Waals surface area (Å²) in [4.78, 5) is 11.9. The number of fused-ring (bicyclic) bond motifs is 1. The number of benzene rings is 1. The lowest BCUT2D eigenvalue weighted by atomic mass is 9.86. The van der Waals surface area contributed by atoms with Crippen molar-refractivity contribution in [3.63, 3.8) is 0 Å². The van der Waals surface area contributed by atoms with Crippen LogP contribution in [0.4, 0.5) is 0 Å². The van der Waals surface area contributed by atoms with Gasteiger partial charge in [0.1, 0.15) is 0 Å². The second kappa shape index (κ2) is 3.31. The Kier molecular flexibility index (Phi) is 1.96. The number of carbonyl (C=O) groups is 1. The van der Waals surface area contributed by atoms with E-state index in [0.717, 1.165) is 5.56 Å². The van der Waals surface area contributed by atoms with Crippen molar-refractivity contribution in [2.24, 2.45) is 5.92 Å². The van der Waals surface area contributed by atoms with Crippen LogP contribution in [0.1, 0.15) is 11.5 Å². The van der Waals surface area contributed by atoms with Crippen LogP contribution in [0.2, 0.25) is 0 Å². The summed E-state index contributed by atoms with van der Waals surface area (Å²) in [5, 5.41) is 0. The van der Waals surface area contributed by atoms with Crippen molar-refractivity contribution in [2.75, 3.05) is 13.2 Å². The molecule has 2 unspecified atom stereocenters. The standard InChI is InChI=1S/C13H12O2/c14-12-6-10-7-15-8-11(10)13(12)9-4-2-1-3-5-9/h1-6,11,13H,7-8H2. The van der Waals surface area contributed by atoms with Crippen LogP contribution in [0, 0.1) is 5.92 Å². The fraction of sp³-hybridized carbons (Fsp3) is 0.308. The molecule has 1 aliphatic heterocycles. The zero-order valence-electron chi connectivity index (χ0n) is 8.35. The summed E-state index contributed by atoms with van der Waals surface area (Å²) < 4.78 is 5.39. The zero-order chi connectivity index (χ0) is 10.3. The molecule has 0 bridgehead atoms. The van der Waals surface area contributed by atoms with Crippen molar-refractivity contribution in [2.45, 2.75) is 5.92 Å². The van der Waals surface area contributed by atoms with E-state index in [2.05, 4.69) is 0 Å². The summed E-state index contributed by atoms with van der Waals surface area (Å²) in [6.07, 6.45) is 1.77. The average Bonchev–Trinajstić information content (AvgIpc) is 2.78. The van der Waals surface area contributed by atoms with E-state index in [-0.39, 0.29) is 11.7 Å². The summed E-state index contributed by atoms with van der Waals surface area (Å²) >= 11 is 0. The summed E-state index contributed by atoms with van der Waals surface area (Å²) in [5.41, 5.74) is 2.29. The summed E-state index contributed by atoms with van der Waals surface area (Å²) in [5.74, 6) is 0.535. The highest BCUT2D eigenvalue weighted by atomic mass is 16.5. The van der Waals surface area contributed by atoms with Gasteiger partial charge in [0.2, 0.25) is 0 Å². The summed E-state index contributed by atoms with van der Waals surface area (Å²) in [6.45, 7) is 1.33. The van der Waals surface area contributed by atoms with Crippen molar-refractivity contribution in [1.29, 1.82) is 0 Å². The van der Waals surface area contributed by atoms with Crippen molar-refractivity contribution in [1.82, 2.24) is 0 Å². The predicted molar refractivity (Wildman–Crippen MR) is 56.6 cm³/mol. The van der Waals surface area contributed by atoms with Gasteiger partial charge in [0, 0.05) is 5.92 Å². The van der Waals surface area contributed by atoms with Crippen LogP contribution in [-0.2, 0) is 9.53 Å². The minimum atomic E-state index is 0.00343. The maximum Gasteiger partial charge on any atom is 0.163 e. The third kappa shape index (κ3) is 1.33. The normalized spacial score (nSPS) is 29.1. The third-order valence-corrected chi connectivity index (χ3v) is 3.24. The minimum Gasteiger partial charge on any atom is -0.376 e. The number of hydrogen-bond acceptors (Lipinski definition) is 2. The molecule has 0 N–H and O–H groups in total. The quantitative estimate of drug-likeness (QED) is 0.692. The van der Waals surface area contributed by atoms with Gasteiger partial charge in [0.05, 0.1) is 19.1 Å². The number of ketones is 1. The molecule has 1 aromatic rings. The van der Waals surface area contributed by atoms with Crippen LogP contribution in [-0.4, -0.2) is 19.0 Å². The lowest BCUT2D eigenvalue weighted by molar-refractivity contribution is -0.116. The fourth-order valence-electron chi connectivity index (χ4n) is 2.50. The molecule has 3 rings (SSSR count). The fourth-order valence-corrected chi connectivity index (χ4v) is 2.50. The first-order chi connectivity index (χ1) is 7.36. The number of ether oxygens (including phenoxy) is 1. The zero-order valence-corrected chi connectivity index (χ0v) is 8.35. The molecule has 1 aromatic carbocycles. The van der Waals surface area contributed by atoms with Crippen LogP contribution >= 0.6 is 0 Å². The maximum absolute atomic E-state index is 11.9. The van der Waals surface area contributed by atoms with E-state index in [9.17, 15) is 4.79 Å². The lowest BCUT2D eigenvalue weighted by Crippen LogP contribution is -2.15. The Hall–Kier alpha value is -1.41. The van der Waals surface area contributed by atoms with Crippen molar-refractivity contribution in [3.05, 3.63) is 47.5 Å². The van der Waals surface area contributed by atoms with E-state index >= 15 is 0 Å². The van der Waals surface area contributed by atoms with E-state index in [4.69, 9.17) is 4.74 Å². The number of hydrogen-bond donors (Lipinski definition) is 0. The minimum absolute atomic E-state index is 0.00343. The van der Waals surface area contributed by atoms with Crippen LogP contribution in [0.15, 0.2) is 42.0 Å².